The van der Waals surface area contributed by atoms with E-state index in [-0.39, 0.29) is 0 Å². The van der Waals surface area contributed by atoms with E-state index in [0.29, 0.717) is 0 Å². The number of rotatable bonds is 3. The lowest BCUT2D eigenvalue weighted by atomic mass is 11.9. The molecule has 2 N–H and O–H groups in total. The van der Waals surface area contributed by atoms with E-state index in [1.807, 2.05) is 0 Å². The van der Waals surface area contributed by atoms with Crippen LogP contribution < -0.4 is 5.14 Å². The molecule has 0 spiro atoms. The van der Waals surface area contributed by atoms with Crippen molar-refractivity contribution < 1.29 is 0 Å². The van der Waals surface area contributed by atoms with Gasteiger partial charge in [0.2, 0.25) is 0 Å². The molecule has 2 atom stereocenters. The van der Waals surface area contributed by atoms with Crippen LogP contribution in [-0.4, -0.2) is 5.90 Å². The van der Waals surface area contributed by atoms with Crippen molar-refractivity contribution in [2.75, 3.05) is 5.90 Å². The van der Waals surface area contributed by atoms with Crippen LogP contribution in [0.5, 0.6) is 0 Å². The average Bonchev–Trinajstić information content (AvgIpc) is 1.61. The average molecular weight is 159 g/mol. The summed E-state index contributed by atoms with van der Waals surface area (Å²) in [4.78, 5) is 0. The van der Waals surface area contributed by atoms with E-state index in [9.17, 15) is 0 Å². The maximum absolute atomic E-state index is 5.09. The fourth-order valence-corrected chi connectivity index (χ4v) is 3.67. The van der Waals surface area contributed by atoms with Gasteiger partial charge < -0.3 is 0 Å². The maximum Gasteiger partial charge on any atom is -0.0101 e. The van der Waals surface area contributed by atoms with E-state index in [1.54, 1.807) is 10.4 Å². The highest BCUT2D eigenvalue weighted by molar-refractivity contribution is 8.95. The molecule has 1 nitrogen and oxygen atoms in total. The van der Waals surface area contributed by atoms with Gasteiger partial charge in [-0.2, -0.15) is 0 Å². The van der Waals surface area contributed by atoms with Crippen molar-refractivity contribution in [3.63, 3.8) is 0 Å². The lowest BCUT2D eigenvalue weighted by Gasteiger charge is -1.85. The molecule has 0 aromatic rings. The molecule has 0 saturated carbocycles. The van der Waals surface area contributed by atoms with Crippen molar-refractivity contribution >= 4 is 38.4 Å². The van der Waals surface area contributed by atoms with Gasteiger partial charge in [0.15, 0.2) is 0 Å². The van der Waals surface area contributed by atoms with Gasteiger partial charge in [-0.3, -0.25) is 5.14 Å². The zero-order chi connectivity index (χ0) is 4.83. The van der Waals surface area contributed by atoms with Crippen LogP contribution in [0.15, 0.2) is 0 Å². The minimum Gasteiger partial charge on any atom is -0.268 e. The van der Waals surface area contributed by atoms with Crippen LogP contribution in [-0.2, 0) is 0 Å². The Hall–Kier alpha value is 1.52. The van der Waals surface area contributed by atoms with Crippen LogP contribution in [0.3, 0.4) is 0 Å². The van der Waals surface area contributed by atoms with Crippen molar-refractivity contribution in [3.8, 4) is 0 Å². The quantitative estimate of drug-likeness (QED) is 0.293. The van der Waals surface area contributed by atoms with Gasteiger partial charge in [-0.05, 0) is 24.7 Å². The molecule has 0 bridgehead atoms. The number of nitrogens with two attached hydrogens (primary N) is 1. The fraction of sp³-hybridized carbons (Fsp3) is 1.00. The summed E-state index contributed by atoms with van der Waals surface area (Å²) >= 11 is 0. The monoisotopic (exact) mass is 159 g/mol. The van der Waals surface area contributed by atoms with E-state index in [2.05, 4.69) is 9.24 Å². The van der Waals surface area contributed by atoms with E-state index in [1.165, 1.54) is 11.0 Å². The molecule has 5 heteroatoms. The molecule has 0 aliphatic carbocycles. The first kappa shape index (κ1) is 7.52. The van der Waals surface area contributed by atoms with E-state index >= 15 is 0 Å². The van der Waals surface area contributed by atoms with Crippen LogP contribution in [0.4, 0.5) is 0 Å². The Bertz CT molecular complexity index is 23.5. The maximum atomic E-state index is 5.09. The minimum absolute atomic E-state index is 0.932. The first-order valence-electron chi connectivity index (χ1n) is 1.37. The topological polar surface area (TPSA) is 26.0 Å². The predicted molar refractivity (Wildman–Crippen MR) is 42.3 cm³/mol. The van der Waals surface area contributed by atoms with Gasteiger partial charge in [-0.1, -0.05) is 10.4 Å². The third-order valence-electron chi connectivity index (χ3n) is 0.190. The Balaban J connectivity index is 2.34. The number of hydrogen-bond acceptors (Lipinski definition) is 3. The highest BCUT2D eigenvalue weighted by Crippen LogP contribution is 2.37. The van der Waals surface area contributed by atoms with Crippen LogP contribution in [0.1, 0.15) is 0 Å². The Morgan fingerprint density at radius 3 is 2.67 bits per heavy atom. The van der Waals surface area contributed by atoms with Gasteiger partial charge >= 0.3 is 0 Å². The minimum atomic E-state index is 0.932. The van der Waals surface area contributed by atoms with Crippen molar-refractivity contribution in [1.82, 2.24) is 0 Å². The first-order valence-corrected chi connectivity index (χ1v) is 6.33. The summed E-state index contributed by atoms with van der Waals surface area (Å²) in [5, 5.41) is 5.09. The molecule has 0 radical (unpaired) electrons. The molecule has 0 rings (SSSR count). The van der Waals surface area contributed by atoms with E-state index in [0.717, 1.165) is 13.7 Å². The predicted octanol–water partition coefficient (Wildman–Crippen LogP) is 1.67. The molecule has 0 aliphatic heterocycles. The first-order chi connectivity index (χ1) is 2.91. The van der Waals surface area contributed by atoms with Crippen molar-refractivity contribution in [2.24, 2.45) is 5.14 Å². The van der Waals surface area contributed by atoms with Gasteiger partial charge in [0.25, 0.3) is 0 Å². The van der Waals surface area contributed by atoms with Crippen LogP contribution in [0.25, 0.3) is 0 Å². The van der Waals surface area contributed by atoms with Crippen LogP contribution in [0, 0.1) is 0 Å². The molecular weight excluding hydrogens is 152 g/mol. The Kier molecular flexibility index (Phi) is 8.17. The van der Waals surface area contributed by atoms with E-state index < -0.39 is 0 Å². The normalized spacial score (nSPS) is 11.0. The summed E-state index contributed by atoms with van der Waals surface area (Å²) in [6, 6.07) is 0. The fourth-order valence-electron chi connectivity index (χ4n) is 0.0680. The zero-order valence-electron chi connectivity index (χ0n) is 3.18. The van der Waals surface area contributed by atoms with Gasteiger partial charge in [-0.25, -0.2) is 0 Å². The van der Waals surface area contributed by atoms with Gasteiger partial charge in [0, 0.05) is 0 Å². The largest absolute Gasteiger partial charge is 0.268 e. The summed E-state index contributed by atoms with van der Waals surface area (Å²) in [6.07, 6.45) is 0. The summed E-state index contributed by atoms with van der Waals surface area (Å²) in [5.74, 6) is 1.16. The van der Waals surface area contributed by atoms with Crippen molar-refractivity contribution in [2.45, 2.75) is 0 Å². The lowest BCUT2D eigenvalue weighted by Crippen LogP contribution is -1.62. The lowest BCUT2D eigenvalue weighted by molar-refractivity contribution is 2.07. The molecular formula is CH7NP2S2. The molecule has 0 heterocycles. The summed E-state index contributed by atoms with van der Waals surface area (Å²) < 4.78 is 0. The number of hydrogen-bond donors (Lipinski definition) is 1. The molecule has 0 aromatic heterocycles. The second-order valence-corrected chi connectivity index (χ2v) is 6.25. The third kappa shape index (κ3) is 5.52. The summed E-state index contributed by atoms with van der Waals surface area (Å²) in [6.45, 7) is 0. The highest BCUT2D eigenvalue weighted by atomic mass is 33.3. The van der Waals surface area contributed by atoms with Gasteiger partial charge in [-0.15, -0.1) is 9.24 Å². The van der Waals surface area contributed by atoms with Crippen LogP contribution >= 0.6 is 38.4 Å². The molecule has 6 heavy (non-hydrogen) atoms. The SMILES string of the molecule is NSSPCP. The van der Waals surface area contributed by atoms with E-state index in [4.69, 9.17) is 5.14 Å². The Morgan fingerprint density at radius 2 is 2.50 bits per heavy atom. The molecule has 0 amide bonds. The summed E-state index contributed by atoms with van der Waals surface area (Å²) in [5.41, 5.74) is 0. The van der Waals surface area contributed by atoms with Crippen LogP contribution in [0.2, 0.25) is 0 Å². The molecule has 0 aromatic carbocycles. The van der Waals surface area contributed by atoms with Crippen molar-refractivity contribution in [3.05, 3.63) is 0 Å². The Labute approximate surface area is 49.9 Å². The zero-order valence-corrected chi connectivity index (χ0v) is 6.97. The highest BCUT2D eigenvalue weighted by Gasteiger charge is 1.75. The van der Waals surface area contributed by atoms with Crippen molar-refractivity contribution in [1.29, 1.82) is 0 Å². The molecule has 2 unspecified atom stereocenters. The second-order valence-electron chi connectivity index (χ2n) is 0.528. The van der Waals surface area contributed by atoms with Gasteiger partial charge in [0.05, 0.1) is 0 Å². The summed E-state index contributed by atoms with van der Waals surface area (Å²) in [7, 11) is 6.64. The molecule has 38 valence electrons. The van der Waals surface area contributed by atoms with Gasteiger partial charge in [0.1, 0.15) is 0 Å². The molecule has 0 aliphatic rings. The molecule has 0 fully saturated rings. The molecule has 0 saturated heterocycles. The second kappa shape index (κ2) is 6.52. The smallest absolute Gasteiger partial charge is 0.0101 e. The standard InChI is InChI=1S/CH7NP2S2/c2-5-6-4-1-3/h4H,1-3H2. The third-order valence-corrected chi connectivity index (χ3v) is 5.14. The Morgan fingerprint density at radius 1 is 1.83 bits per heavy atom.